The molecule has 1 N–H and O–H groups in total. The quantitative estimate of drug-likeness (QED) is 0.500. The first-order valence-electron chi connectivity index (χ1n) is 7.45. The maximum atomic E-state index is 11.7. The molecule has 0 amide bonds. The maximum Gasteiger partial charge on any atom is 0.336 e. The predicted molar refractivity (Wildman–Crippen MR) is 99.3 cm³/mol. The fourth-order valence-corrected chi connectivity index (χ4v) is 3.32. The minimum atomic E-state index is -0.956. The van der Waals surface area contributed by atoms with Crippen LogP contribution < -0.4 is 0 Å². The number of benzene rings is 3. The second-order valence-electron chi connectivity index (χ2n) is 5.55. The molecular weight excluding hydrogens is 366 g/mol. The van der Waals surface area contributed by atoms with Gasteiger partial charge in [-0.1, -0.05) is 58.4 Å². The Hall–Kier alpha value is -2.72. The van der Waals surface area contributed by atoms with Gasteiger partial charge in [0.15, 0.2) is 0 Å². The molecule has 4 heteroatoms. The molecule has 0 saturated carbocycles. The second-order valence-corrected chi connectivity index (χ2v) is 6.46. The largest absolute Gasteiger partial charge is 0.478 e. The van der Waals surface area contributed by atoms with E-state index in [4.69, 9.17) is 4.98 Å². The third-order valence-electron chi connectivity index (χ3n) is 4.07. The van der Waals surface area contributed by atoms with Crippen LogP contribution in [-0.4, -0.2) is 16.1 Å². The highest BCUT2D eigenvalue weighted by atomic mass is 79.9. The second kappa shape index (κ2) is 5.73. The highest BCUT2D eigenvalue weighted by Crippen LogP contribution is 2.31. The predicted octanol–water partition coefficient (Wildman–Crippen LogP) is 5.52. The van der Waals surface area contributed by atoms with E-state index in [0.29, 0.717) is 16.6 Å². The summed E-state index contributed by atoms with van der Waals surface area (Å²) in [7, 11) is 0. The van der Waals surface area contributed by atoms with E-state index in [0.717, 1.165) is 20.8 Å². The van der Waals surface area contributed by atoms with Gasteiger partial charge in [0.2, 0.25) is 0 Å². The van der Waals surface area contributed by atoms with E-state index in [1.54, 1.807) is 12.1 Å². The standard InChI is InChI=1S/C20H12BrNO2/c21-13-8-9-18-16(10-13)17(20(23)24)11-19(22-18)15-7-3-5-12-4-1-2-6-14(12)15/h1-11H,(H,23,24). The van der Waals surface area contributed by atoms with Crippen LogP contribution in [0.5, 0.6) is 0 Å². The van der Waals surface area contributed by atoms with Gasteiger partial charge in [-0.3, -0.25) is 0 Å². The topological polar surface area (TPSA) is 50.2 Å². The molecule has 3 nitrogen and oxygen atoms in total. The Morgan fingerprint density at radius 2 is 1.71 bits per heavy atom. The molecule has 116 valence electrons. The number of hydrogen-bond donors (Lipinski definition) is 1. The van der Waals surface area contributed by atoms with E-state index in [-0.39, 0.29) is 5.56 Å². The molecule has 0 spiro atoms. The summed E-state index contributed by atoms with van der Waals surface area (Å²) in [5.74, 6) is -0.956. The first kappa shape index (κ1) is 14.8. The molecule has 0 unspecified atom stereocenters. The van der Waals surface area contributed by atoms with Crippen LogP contribution in [0.1, 0.15) is 10.4 Å². The van der Waals surface area contributed by atoms with Gasteiger partial charge in [0.25, 0.3) is 0 Å². The lowest BCUT2D eigenvalue weighted by atomic mass is 9.99. The molecule has 0 aliphatic carbocycles. The van der Waals surface area contributed by atoms with Crippen molar-refractivity contribution in [3.63, 3.8) is 0 Å². The average molecular weight is 378 g/mol. The van der Waals surface area contributed by atoms with Gasteiger partial charge in [0.05, 0.1) is 16.8 Å². The van der Waals surface area contributed by atoms with Crippen molar-refractivity contribution >= 4 is 43.6 Å². The van der Waals surface area contributed by atoms with Crippen LogP contribution in [0.3, 0.4) is 0 Å². The molecular formula is C20H12BrNO2. The number of pyridine rings is 1. The third-order valence-corrected chi connectivity index (χ3v) is 4.56. The number of carbonyl (C=O) groups is 1. The fourth-order valence-electron chi connectivity index (χ4n) is 2.96. The van der Waals surface area contributed by atoms with Crippen molar-refractivity contribution in [3.05, 3.63) is 76.8 Å². The third kappa shape index (κ3) is 2.45. The summed E-state index contributed by atoms with van der Waals surface area (Å²) in [5, 5.41) is 12.4. The number of nitrogens with zero attached hydrogens (tertiary/aromatic N) is 1. The molecule has 24 heavy (non-hydrogen) atoms. The highest BCUT2D eigenvalue weighted by Gasteiger charge is 2.14. The van der Waals surface area contributed by atoms with Gasteiger partial charge in [0, 0.05) is 15.4 Å². The van der Waals surface area contributed by atoms with Crippen LogP contribution in [0.4, 0.5) is 0 Å². The number of carboxylic acid groups (broad SMARTS) is 1. The molecule has 0 fully saturated rings. The van der Waals surface area contributed by atoms with E-state index < -0.39 is 5.97 Å². The molecule has 0 atom stereocenters. The summed E-state index contributed by atoms with van der Waals surface area (Å²) in [4.78, 5) is 16.4. The zero-order valence-electron chi connectivity index (χ0n) is 12.5. The molecule has 0 aliphatic rings. The maximum absolute atomic E-state index is 11.7. The van der Waals surface area contributed by atoms with Crippen molar-refractivity contribution in [2.24, 2.45) is 0 Å². The number of aromatic nitrogens is 1. The Morgan fingerprint density at radius 1 is 0.917 bits per heavy atom. The summed E-state index contributed by atoms with van der Waals surface area (Å²) in [6.45, 7) is 0. The number of fused-ring (bicyclic) bond motifs is 2. The highest BCUT2D eigenvalue weighted by molar-refractivity contribution is 9.10. The van der Waals surface area contributed by atoms with E-state index in [9.17, 15) is 9.90 Å². The molecule has 3 aromatic carbocycles. The van der Waals surface area contributed by atoms with Crippen LogP contribution in [0, 0.1) is 0 Å². The summed E-state index contributed by atoms with van der Waals surface area (Å²) >= 11 is 3.39. The Bertz CT molecular complexity index is 1100. The van der Waals surface area contributed by atoms with E-state index in [1.165, 1.54) is 0 Å². The Morgan fingerprint density at radius 3 is 2.54 bits per heavy atom. The summed E-state index contributed by atoms with van der Waals surface area (Å²) in [6, 6.07) is 21.1. The lowest BCUT2D eigenvalue weighted by Crippen LogP contribution is -2.00. The van der Waals surface area contributed by atoms with Crippen LogP contribution >= 0.6 is 15.9 Å². The van der Waals surface area contributed by atoms with Gasteiger partial charge in [-0.05, 0) is 35.0 Å². The van der Waals surface area contributed by atoms with Crippen molar-refractivity contribution in [2.75, 3.05) is 0 Å². The summed E-state index contributed by atoms with van der Waals surface area (Å²) in [6.07, 6.45) is 0. The number of halogens is 1. The van der Waals surface area contributed by atoms with Crippen LogP contribution in [0.2, 0.25) is 0 Å². The first-order valence-corrected chi connectivity index (χ1v) is 8.24. The molecule has 1 heterocycles. The number of carboxylic acids is 1. The zero-order valence-corrected chi connectivity index (χ0v) is 14.1. The molecule has 0 aliphatic heterocycles. The van der Waals surface area contributed by atoms with Crippen molar-refractivity contribution in [1.29, 1.82) is 0 Å². The van der Waals surface area contributed by atoms with Gasteiger partial charge in [-0.2, -0.15) is 0 Å². The first-order chi connectivity index (χ1) is 11.6. The molecule has 0 radical (unpaired) electrons. The van der Waals surface area contributed by atoms with Crippen molar-refractivity contribution in [2.45, 2.75) is 0 Å². The van der Waals surface area contributed by atoms with Crippen molar-refractivity contribution < 1.29 is 9.90 Å². The number of rotatable bonds is 2. The monoisotopic (exact) mass is 377 g/mol. The van der Waals surface area contributed by atoms with E-state index in [2.05, 4.69) is 15.9 Å². The smallest absolute Gasteiger partial charge is 0.336 e. The number of aromatic carboxylic acids is 1. The lowest BCUT2D eigenvalue weighted by Gasteiger charge is -2.10. The van der Waals surface area contributed by atoms with Crippen LogP contribution in [0.15, 0.2) is 71.2 Å². The van der Waals surface area contributed by atoms with Crippen LogP contribution in [0.25, 0.3) is 32.9 Å². The summed E-state index contributed by atoms with van der Waals surface area (Å²) < 4.78 is 0.831. The SMILES string of the molecule is O=C(O)c1cc(-c2cccc3ccccc23)nc2ccc(Br)cc12. The summed E-state index contributed by atoms with van der Waals surface area (Å²) in [5.41, 5.74) is 2.52. The molecule has 1 aromatic heterocycles. The van der Waals surface area contributed by atoms with E-state index >= 15 is 0 Å². The van der Waals surface area contributed by atoms with E-state index in [1.807, 2.05) is 54.6 Å². The Kier molecular flexibility index (Phi) is 3.54. The minimum Gasteiger partial charge on any atom is -0.478 e. The minimum absolute atomic E-state index is 0.254. The number of hydrogen-bond acceptors (Lipinski definition) is 2. The van der Waals surface area contributed by atoms with Crippen molar-refractivity contribution in [3.8, 4) is 11.3 Å². The fraction of sp³-hybridized carbons (Fsp3) is 0. The molecule has 0 saturated heterocycles. The van der Waals surface area contributed by atoms with Crippen molar-refractivity contribution in [1.82, 2.24) is 4.98 Å². The van der Waals surface area contributed by atoms with Gasteiger partial charge >= 0.3 is 5.97 Å². The zero-order chi connectivity index (χ0) is 16.7. The lowest BCUT2D eigenvalue weighted by molar-refractivity contribution is 0.0699. The molecule has 4 rings (SSSR count). The van der Waals surface area contributed by atoms with Crippen LogP contribution in [-0.2, 0) is 0 Å². The van der Waals surface area contributed by atoms with Gasteiger partial charge in [-0.25, -0.2) is 9.78 Å². The van der Waals surface area contributed by atoms with Gasteiger partial charge < -0.3 is 5.11 Å². The Balaban J connectivity index is 2.07. The normalized spacial score (nSPS) is 11.0. The Labute approximate surface area is 146 Å². The average Bonchev–Trinajstić information content (AvgIpc) is 2.60. The molecule has 0 bridgehead atoms. The molecule has 4 aromatic rings. The van der Waals surface area contributed by atoms with Gasteiger partial charge in [0.1, 0.15) is 0 Å². The van der Waals surface area contributed by atoms with Gasteiger partial charge in [-0.15, -0.1) is 0 Å².